The SMILES string of the molecule is CCc1cn(C[C@@H](CO)OCP(=O)(O)O)c(=O)[nH]c1=O. The molecule has 0 aliphatic rings. The van der Waals surface area contributed by atoms with Gasteiger partial charge in [0.1, 0.15) is 6.35 Å². The summed E-state index contributed by atoms with van der Waals surface area (Å²) in [5.41, 5.74) is -0.771. The zero-order valence-electron chi connectivity index (χ0n) is 10.9. The van der Waals surface area contributed by atoms with Crippen molar-refractivity contribution in [1.82, 2.24) is 9.55 Å². The topological polar surface area (TPSA) is 142 Å². The van der Waals surface area contributed by atoms with Gasteiger partial charge in [-0.15, -0.1) is 0 Å². The summed E-state index contributed by atoms with van der Waals surface area (Å²) >= 11 is 0. The second-order valence-electron chi connectivity index (χ2n) is 4.18. The first-order chi connectivity index (χ1) is 9.26. The maximum absolute atomic E-state index is 11.6. The first-order valence-electron chi connectivity index (χ1n) is 5.86. The highest BCUT2D eigenvalue weighted by Gasteiger charge is 2.18. The van der Waals surface area contributed by atoms with Crippen LogP contribution in [0.4, 0.5) is 0 Å². The van der Waals surface area contributed by atoms with Gasteiger partial charge in [-0.3, -0.25) is 18.9 Å². The summed E-state index contributed by atoms with van der Waals surface area (Å²) in [5.74, 6) is 0. The third-order valence-corrected chi connectivity index (χ3v) is 3.03. The maximum Gasteiger partial charge on any atom is 0.350 e. The summed E-state index contributed by atoms with van der Waals surface area (Å²) in [6.45, 7) is 1.10. The highest BCUT2D eigenvalue weighted by atomic mass is 31.2. The van der Waals surface area contributed by atoms with Gasteiger partial charge in [-0.1, -0.05) is 6.92 Å². The van der Waals surface area contributed by atoms with Crippen LogP contribution in [0, 0.1) is 0 Å². The summed E-state index contributed by atoms with van der Waals surface area (Å²) in [6.07, 6.45) is -0.0550. The van der Waals surface area contributed by atoms with Crippen molar-refractivity contribution >= 4 is 7.60 Å². The number of nitrogens with one attached hydrogen (secondary N) is 1. The van der Waals surface area contributed by atoms with Crippen LogP contribution in [0.5, 0.6) is 0 Å². The number of aliphatic hydroxyl groups is 1. The molecule has 9 nitrogen and oxygen atoms in total. The summed E-state index contributed by atoms with van der Waals surface area (Å²) < 4.78 is 16.7. The lowest BCUT2D eigenvalue weighted by Crippen LogP contribution is -2.36. The standard InChI is InChI=1S/C10H17N2O7P/c1-2-7-3-12(10(15)11-9(7)14)4-8(5-13)19-6-20(16,17)18/h3,8,13H,2,4-6H2,1H3,(H,11,14,15)(H2,16,17,18)/t8-/m0/s1. The van der Waals surface area contributed by atoms with Crippen LogP contribution in [0.2, 0.25) is 0 Å². The van der Waals surface area contributed by atoms with Crippen molar-refractivity contribution in [3.63, 3.8) is 0 Å². The van der Waals surface area contributed by atoms with E-state index in [0.717, 1.165) is 4.57 Å². The fourth-order valence-electron chi connectivity index (χ4n) is 1.53. The minimum atomic E-state index is -4.35. The van der Waals surface area contributed by atoms with Crippen molar-refractivity contribution in [1.29, 1.82) is 0 Å². The molecule has 1 heterocycles. The van der Waals surface area contributed by atoms with E-state index in [4.69, 9.17) is 19.6 Å². The molecule has 0 fully saturated rings. The predicted octanol–water partition coefficient (Wildman–Crippen LogP) is -1.39. The van der Waals surface area contributed by atoms with Gasteiger partial charge in [0.2, 0.25) is 0 Å². The zero-order chi connectivity index (χ0) is 15.3. The van der Waals surface area contributed by atoms with E-state index < -0.39 is 37.9 Å². The Kier molecular flexibility index (Phi) is 5.85. The lowest BCUT2D eigenvalue weighted by Gasteiger charge is -2.17. The van der Waals surface area contributed by atoms with Gasteiger partial charge in [0.15, 0.2) is 0 Å². The van der Waals surface area contributed by atoms with Gasteiger partial charge < -0.3 is 19.6 Å². The maximum atomic E-state index is 11.6. The number of rotatable bonds is 7. The van der Waals surface area contributed by atoms with Crippen molar-refractivity contribution in [3.8, 4) is 0 Å². The Labute approximate surface area is 114 Å². The summed E-state index contributed by atoms with van der Waals surface area (Å²) in [5, 5.41) is 9.09. The van der Waals surface area contributed by atoms with E-state index in [-0.39, 0.29) is 6.54 Å². The molecule has 10 heteroatoms. The van der Waals surface area contributed by atoms with Crippen molar-refractivity contribution in [3.05, 3.63) is 32.6 Å². The molecule has 114 valence electrons. The van der Waals surface area contributed by atoms with E-state index in [1.807, 2.05) is 0 Å². The lowest BCUT2D eigenvalue weighted by molar-refractivity contribution is 0.0188. The molecule has 1 atom stereocenters. The number of aryl methyl sites for hydroxylation is 1. The van der Waals surface area contributed by atoms with Gasteiger partial charge in [0.25, 0.3) is 5.56 Å². The number of nitrogens with zero attached hydrogens (tertiary/aromatic N) is 1. The van der Waals surface area contributed by atoms with Crippen LogP contribution in [0.25, 0.3) is 0 Å². The minimum Gasteiger partial charge on any atom is -0.394 e. The molecular weight excluding hydrogens is 291 g/mol. The van der Waals surface area contributed by atoms with Crippen LogP contribution in [0.15, 0.2) is 15.8 Å². The van der Waals surface area contributed by atoms with Crippen LogP contribution in [-0.4, -0.2) is 43.5 Å². The molecule has 0 unspecified atom stereocenters. The Bertz CT molecular complexity index is 602. The Balaban J connectivity index is 2.87. The monoisotopic (exact) mass is 308 g/mol. The molecule has 0 saturated heterocycles. The van der Waals surface area contributed by atoms with Gasteiger partial charge in [0.05, 0.1) is 19.3 Å². The first-order valence-corrected chi connectivity index (χ1v) is 7.66. The summed E-state index contributed by atoms with van der Waals surface area (Å²) in [4.78, 5) is 42.5. The molecule has 0 radical (unpaired) electrons. The fraction of sp³-hybridized carbons (Fsp3) is 0.600. The van der Waals surface area contributed by atoms with E-state index in [9.17, 15) is 14.2 Å². The quantitative estimate of drug-likeness (QED) is 0.454. The molecule has 4 N–H and O–H groups in total. The van der Waals surface area contributed by atoms with Crippen LogP contribution in [0.1, 0.15) is 12.5 Å². The van der Waals surface area contributed by atoms with Gasteiger partial charge in [-0.2, -0.15) is 0 Å². The molecule has 0 bridgehead atoms. The third-order valence-electron chi connectivity index (χ3n) is 2.55. The smallest absolute Gasteiger partial charge is 0.350 e. The van der Waals surface area contributed by atoms with Crippen molar-refractivity contribution < 1.29 is 24.2 Å². The van der Waals surface area contributed by atoms with Gasteiger partial charge >= 0.3 is 13.3 Å². The molecule has 0 aliphatic heterocycles. The number of ether oxygens (including phenoxy) is 1. The molecule has 0 aromatic carbocycles. The Morgan fingerprint density at radius 2 is 2.10 bits per heavy atom. The normalized spacial score (nSPS) is 13.4. The van der Waals surface area contributed by atoms with E-state index in [1.54, 1.807) is 6.92 Å². The van der Waals surface area contributed by atoms with Crippen LogP contribution >= 0.6 is 7.60 Å². The zero-order valence-corrected chi connectivity index (χ0v) is 11.7. The van der Waals surface area contributed by atoms with Crippen molar-refractivity contribution in [2.75, 3.05) is 13.0 Å². The molecule has 1 aromatic heterocycles. The predicted molar refractivity (Wildman–Crippen MR) is 69.6 cm³/mol. The van der Waals surface area contributed by atoms with E-state index in [2.05, 4.69) is 4.98 Å². The number of hydrogen-bond donors (Lipinski definition) is 4. The number of aromatic amines is 1. The van der Waals surface area contributed by atoms with Gasteiger partial charge in [-0.25, -0.2) is 4.79 Å². The molecule has 0 amide bonds. The van der Waals surface area contributed by atoms with Crippen LogP contribution < -0.4 is 11.2 Å². The number of aliphatic hydroxyl groups excluding tert-OH is 1. The van der Waals surface area contributed by atoms with Gasteiger partial charge in [0, 0.05) is 11.8 Å². The third kappa shape index (κ3) is 5.03. The van der Waals surface area contributed by atoms with Crippen LogP contribution in [0.3, 0.4) is 0 Å². The largest absolute Gasteiger partial charge is 0.394 e. The highest BCUT2D eigenvalue weighted by Crippen LogP contribution is 2.34. The van der Waals surface area contributed by atoms with E-state index in [0.29, 0.717) is 12.0 Å². The summed E-state index contributed by atoms with van der Waals surface area (Å²) in [6, 6.07) is 0. The number of hydrogen-bond acceptors (Lipinski definition) is 5. The second kappa shape index (κ2) is 6.96. The molecule has 20 heavy (non-hydrogen) atoms. The number of aromatic nitrogens is 2. The first kappa shape index (κ1) is 16.8. The highest BCUT2D eigenvalue weighted by molar-refractivity contribution is 7.51. The Morgan fingerprint density at radius 1 is 1.45 bits per heavy atom. The molecule has 0 spiro atoms. The van der Waals surface area contributed by atoms with Gasteiger partial charge in [-0.05, 0) is 6.42 Å². The Morgan fingerprint density at radius 3 is 2.60 bits per heavy atom. The lowest BCUT2D eigenvalue weighted by atomic mass is 10.2. The average molecular weight is 308 g/mol. The molecule has 1 aromatic rings. The molecule has 0 saturated carbocycles. The average Bonchev–Trinajstić information content (AvgIpc) is 2.35. The molecule has 1 rings (SSSR count). The minimum absolute atomic E-state index is 0.126. The second-order valence-corrected chi connectivity index (χ2v) is 5.77. The summed E-state index contributed by atoms with van der Waals surface area (Å²) in [7, 11) is -4.35. The Hall–Kier alpha value is -1.25. The van der Waals surface area contributed by atoms with Crippen LogP contribution in [-0.2, 0) is 22.3 Å². The molecule has 0 aliphatic carbocycles. The molecular formula is C10H17N2O7P. The van der Waals surface area contributed by atoms with Crippen molar-refractivity contribution in [2.24, 2.45) is 0 Å². The number of H-pyrrole nitrogens is 1. The van der Waals surface area contributed by atoms with Crippen molar-refractivity contribution in [2.45, 2.75) is 26.0 Å². The van der Waals surface area contributed by atoms with E-state index >= 15 is 0 Å². The fourth-order valence-corrected chi connectivity index (χ4v) is 1.93. The van der Waals surface area contributed by atoms with E-state index in [1.165, 1.54) is 6.20 Å².